The lowest BCUT2D eigenvalue weighted by Gasteiger charge is -1.99. The third kappa shape index (κ3) is 3.99. The molecule has 1 N–H and O–H groups in total. The Balaban J connectivity index is 1.98. The van der Waals surface area contributed by atoms with Crippen LogP contribution in [0.1, 0.15) is 15.9 Å². The highest BCUT2D eigenvalue weighted by Crippen LogP contribution is 2.09. The largest absolute Gasteiger partial charge is 0.271 e. The third-order valence-corrected chi connectivity index (χ3v) is 2.83. The lowest BCUT2D eigenvalue weighted by Crippen LogP contribution is -2.17. The monoisotopic (exact) mass is 320 g/mol. The Labute approximate surface area is 118 Å². The number of nitrogens with zero attached hydrogens (tertiary/aromatic N) is 1. The van der Waals surface area contributed by atoms with E-state index in [1.54, 1.807) is 0 Å². The van der Waals surface area contributed by atoms with Crippen LogP contribution in [0.5, 0.6) is 0 Å². The molecule has 3 nitrogen and oxygen atoms in total. The van der Waals surface area contributed by atoms with E-state index in [1.807, 2.05) is 24.3 Å². The van der Waals surface area contributed by atoms with Crippen molar-refractivity contribution in [3.8, 4) is 0 Å². The topological polar surface area (TPSA) is 41.5 Å². The number of hydrogen-bond acceptors (Lipinski definition) is 2. The Morgan fingerprint density at radius 1 is 1.21 bits per heavy atom. The summed E-state index contributed by atoms with van der Waals surface area (Å²) in [6, 6.07) is 12.8. The van der Waals surface area contributed by atoms with E-state index in [0.717, 1.165) is 10.0 Å². The molecule has 0 unspecified atom stereocenters. The van der Waals surface area contributed by atoms with Gasteiger partial charge in [-0.15, -0.1) is 0 Å². The first-order chi connectivity index (χ1) is 9.15. The fourth-order valence-corrected chi connectivity index (χ4v) is 1.84. The molecule has 0 fully saturated rings. The molecule has 0 saturated heterocycles. The smallest absolute Gasteiger partial charge is 0.267 e. The van der Waals surface area contributed by atoms with Gasteiger partial charge in [-0.05, 0) is 42.0 Å². The second-order valence-electron chi connectivity index (χ2n) is 3.76. The third-order valence-electron chi connectivity index (χ3n) is 2.33. The summed E-state index contributed by atoms with van der Waals surface area (Å²) in [4.78, 5) is 11.7. The van der Waals surface area contributed by atoms with Crippen molar-refractivity contribution in [1.29, 1.82) is 0 Å². The normalized spacial score (nSPS) is 10.6. The van der Waals surface area contributed by atoms with E-state index >= 15 is 0 Å². The number of hydrogen-bond donors (Lipinski definition) is 1. The Kier molecular flexibility index (Phi) is 4.41. The van der Waals surface area contributed by atoms with E-state index < -0.39 is 0 Å². The number of nitrogens with one attached hydrogen (secondary N) is 1. The molecule has 5 heteroatoms. The maximum absolute atomic E-state index is 12.7. The molecule has 0 aromatic heterocycles. The average Bonchev–Trinajstić information content (AvgIpc) is 2.39. The Morgan fingerprint density at radius 3 is 2.63 bits per heavy atom. The van der Waals surface area contributed by atoms with Crippen LogP contribution in [0, 0.1) is 5.82 Å². The van der Waals surface area contributed by atoms with Gasteiger partial charge in [-0.2, -0.15) is 5.10 Å². The number of carbonyl (C=O) groups is 1. The predicted molar refractivity (Wildman–Crippen MR) is 75.6 cm³/mol. The van der Waals surface area contributed by atoms with Crippen molar-refractivity contribution >= 4 is 28.1 Å². The van der Waals surface area contributed by atoms with Crippen molar-refractivity contribution in [3.05, 3.63) is 69.9 Å². The zero-order chi connectivity index (χ0) is 13.7. The van der Waals surface area contributed by atoms with E-state index in [0.29, 0.717) is 5.56 Å². The van der Waals surface area contributed by atoms with Gasteiger partial charge in [0.05, 0.1) is 6.21 Å². The molecule has 0 saturated carbocycles. The van der Waals surface area contributed by atoms with Gasteiger partial charge in [0.2, 0.25) is 0 Å². The summed E-state index contributed by atoms with van der Waals surface area (Å²) in [6.07, 6.45) is 1.53. The molecule has 0 aliphatic carbocycles. The molecule has 96 valence electrons. The van der Waals surface area contributed by atoms with Crippen LogP contribution < -0.4 is 5.43 Å². The van der Waals surface area contributed by atoms with Crippen LogP contribution >= 0.6 is 15.9 Å². The van der Waals surface area contributed by atoms with Crippen LogP contribution in [0.3, 0.4) is 0 Å². The maximum atomic E-state index is 12.7. The highest BCUT2D eigenvalue weighted by atomic mass is 79.9. The summed E-state index contributed by atoms with van der Waals surface area (Å²) in [5, 5.41) is 3.84. The number of hydrazone groups is 1. The molecule has 2 aromatic rings. The Hall–Kier alpha value is -2.01. The minimum absolute atomic E-state index is 0.354. The zero-order valence-corrected chi connectivity index (χ0v) is 11.4. The van der Waals surface area contributed by atoms with E-state index in [2.05, 4.69) is 26.5 Å². The summed E-state index contributed by atoms with van der Waals surface area (Å²) < 4.78 is 13.6. The molecule has 1 amide bonds. The predicted octanol–water partition coefficient (Wildman–Crippen LogP) is 3.35. The van der Waals surface area contributed by atoms with Gasteiger partial charge in [0, 0.05) is 10.0 Å². The second-order valence-corrected chi connectivity index (χ2v) is 4.68. The lowest BCUT2D eigenvalue weighted by molar-refractivity contribution is 0.0955. The first kappa shape index (κ1) is 13.4. The first-order valence-corrected chi connectivity index (χ1v) is 6.29. The summed E-state index contributed by atoms with van der Waals surface area (Å²) in [5.41, 5.74) is 3.59. The molecule has 0 aliphatic rings. The van der Waals surface area contributed by atoms with Crippen LogP contribution in [-0.2, 0) is 0 Å². The van der Waals surface area contributed by atoms with E-state index in [4.69, 9.17) is 0 Å². The summed E-state index contributed by atoms with van der Waals surface area (Å²) >= 11 is 3.34. The van der Waals surface area contributed by atoms with Gasteiger partial charge >= 0.3 is 0 Å². The molecule has 0 atom stereocenters. The van der Waals surface area contributed by atoms with E-state index in [-0.39, 0.29) is 11.7 Å². The van der Waals surface area contributed by atoms with Crippen LogP contribution in [0.25, 0.3) is 0 Å². The van der Waals surface area contributed by atoms with Crippen LogP contribution in [0.15, 0.2) is 58.1 Å². The average molecular weight is 321 g/mol. The fourth-order valence-electron chi connectivity index (χ4n) is 1.42. The molecule has 0 aliphatic heterocycles. The van der Waals surface area contributed by atoms with Crippen molar-refractivity contribution in [2.75, 3.05) is 0 Å². The second kappa shape index (κ2) is 6.24. The van der Waals surface area contributed by atoms with Gasteiger partial charge in [0.25, 0.3) is 5.91 Å². The van der Waals surface area contributed by atoms with Crippen molar-refractivity contribution in [2.45, 2.75) is 0 Å². The standard InChI is InChI=1S/C14H10BrFN2O/c15-12-3-1-2-10(8-12)9-17-18-14(19)11-4-6-13(16)7-5-11/h1-9H,(H,18,19). The molecule has 0 bridgehead atoms. The van der Waals surface area contributed by atoms with Gasteiger partial charge in [-0.1, -0.05) is 28.1 Å². The molecule has 0 spiro atoms. The first-order valence-electron chi connectivity index (χ1n) is 5.50. The summed E-state index contributed by atoms with van der Waals surface area (Å²) in [7, 11) is 0. The fraction of sp³-hybridized carbons (Fsp3) is 0. The molecule has 0 heterocycles. The molecular weight excluding hydrogens is 311 g/mol. The maximum Gasteiger partial charge on any atom is 0.271 e. The van der Waals surface area contributed by atoms with Gasteiger partial charge in [-0.25, -0.2) is 9.82 Å². The number of carbonyl (C=O) groups excluding carboxylic acids is 1. The Bertz CT molecular complexity index is 611. The number of rotatable bonds is 3. The summed E-state index contributed by atoms with van der Waals surface area (Å²) in [5.74, 6) is -0.763. The van der Waals surface area contributed by atoms with Crippen molar-refractivity contribution < 1.29 is 9.18 Å². The molecule has 2 rings (SSSR count). The van der Waals surface area contributed by atoms with Crippen molar-refractivity contribution in [3.63, 3.8) is 0 Å². The minimum atomic E-state index is -0.383. The summed E-state index contributed by atoms with van der Waals surface area (Å²) in [6.45, 7) is 0. The van der Waals surface area contributed by atoms with Gasteiger partial charge in [-0.3, -0.25) is 4.79 Å². The van der Waals surface area contributed by atoms with Crippen molar-refractivity contribution in [2.24, 2.45) is 5.10 Å². The van der Waals surface area contributed by atoms with E-state index in [1.165, 1.54) is 30.5 Å². The van der Waals surface area contributed by atoms with E-state index in [9.17, 15) is 9.18 Å². The quantitative estimate of drug-likeness (QED) is 0.684. The highest BCUT2D eigenvalue weighted by molar-refractivity contribution is 9.10. The molecule has 2 aromatic carbocycles. The van der Waals surface area contributed by atoms with Gasteiger partial charge in [0.15, 0.2) is 0 Å². The lowest BCUT2D eigenvalue weighted by atomic mass is 10.2. The van der Waals surface area contributed by atoms with Crippen LogP contribution in [-0.4, -0.2) is 12.1 Å². The SMILES string of the molecule is O=C(NN=Cc1cccc(Br)c1)c1ccc(F)cc1. The number of amides is 1. The highest BCUT2D eigenvalue weighted by Gasteiger charge is 2.03. The van der Waals surface area contributed by atoms with Crippen molar-refractivity contribution in [1.82, 2.24) is 5.43 Å². The van der Waals surface area contributed by atoms with Gasteiger partial charge < -0.3 is 0 Å². The number of benzene rings is 2. The van der Waals surface area contributed by atoms with Gasteiger partial charge in [0.1, 0.15) is 5.82 Å². The molecular formula is C14H10BrFN2O. The zero-order valence-electron chi connectivity index (χ0n) is 9.81. The minimum Gasteiger partial charge on any atom is -0.267 e. The number of halogens is 2. The molecule has 19 heavy (non-hydrogen) atoms. The van der Waals surface area contributed by atoms with Crippen LogP contribution in [0.4, 0.5) is 4.39 Å². The Morgan fingerprint density at radius 2 is 1.95 bits per heavy atom. The van der Waals surface area contributed by atoms with Crippen LogP contribution in [0.2, 0.25) is 0 Å². The molecule has 0 radical (unpaired) electrons.